The van der Waals surface area contributed by atoms with Gasteiger partial charge in [-0.3, -0.25) is 9.59 Å². The third-order valence-electron chi connectivity index (χ3n) is 5.56. The van der Waals surface area contributed by atoms with Gasteiger partial charge in [-0.25, -0.2) is 4.79 Å². The van der Waals surface area contributed by atoms with Crippen LogP contribution in [-0.4, -0.2) is 65.4 Å². The predicted octanol–water partition coefficient (Wildman–Crippen LogP) is 3.79. The van der Waals surface area contributed by atoms with Crippen LogP contribution in [0.5, 0.6) is 0 Å². The van der Waals surface area contributed by atoms with Gasteiger partial charge in [0.2, 0.25) is 5.91 Å². The number of rotatable bonds is 6. The van der Waals surface area contributed by atoms with Crippen molar-refractivity contribution < 1.29 is 14.4 Å². The van der Waals surface area contributed by atoms with Crippen molar-refractivity contribution >= 4 is 41.0 Å². The summed E-state index contributed by atoms with van der Waals surface area (Å²) in [5.41, 5.74) is 0.346. The lowest BCUT2D eigenvalue weighted by atomic mass is 9.96. The second kappa shape index (κ2) is 11.0. The molecule has 2 rings (SSSR count). The topological polar surface area (TPSA) is 81.8 Å². The van der Waals surface area contributed by atoms with E-state index < -0.39 is 6.04 Å². The zero-order chi connectivity index (χ0) is 23.3. The highest BCUT2D eigenvalue weighted by molar-refractivity contribution is 6.42. The second-order valence-electron chi connectivity index (χ2n) is 8.40. The maximum Gasteiger partial charge on any atom is 0.317 e. The molecule has 4 amide bonds. The molecule has 1 heterocycles. The van der Waals surface area contributed by atoms with E-state index in [1.165, 1.54) is 6.07 Å². The third kappa shape index (κ3) is 6.50. The zero-order valence-electron chi connectivity index (χ0n) is 18.7. The van der Waals surface area contributed by atoms with Gasteiger partial charge in [-0.1, -0.05) is 43.5 Å². The van der Waals surface area contributed by atoms with E-state index in [1.54, 1.807) is 21.9 Å². The van der Waals surface area contributed by atoms with Gasteiger partial charge in [0.05, 0.1) is 10.0 Å². The van der Waals surface area contributed by atoms with Crippen LogP contribution in [0.1, 0.15) is 51.4 Å². The van der Waals surface area contributed by atoms with Crippen LogP contribution < -0.4 is 10.6 Å². The summed E-state index contributed by atoms with van der Waals surface area (Å²) in [5, 5.41) is 6.42. The molecule has 1 aliphatic rings. The fourth-order valence-electron chi connectivity index (χ4n) is 3.53. The Balaban J connectivity index is 2.10. The Kier molecular flexibility index (Phi) is 9.01. The van der Waals surface area contributed by atoms with Crippen molar-refractivity contribution in [2.24, 2.45) is 5.92 Å². The molecule has 9 heteroatoms. The van der Waals surface area contributed by atoms with Gasteiger partial charge in [0.25, 0.3) is 5.91 Å². The first kappa shape index (κ1) is 25.3. The van der Waals surface area contributed by atoms with Crippen molar-refractivity contribution in [3.8, 4) is 0 Å². The Hall–Kier alpha value is -1.99. The summed E-state index contributed by atoms with van der Waals surface area (Å²) in [6.45, 7) is 10.9. The summed E-state index contributed by atoms with van der Waals surface area (Å²) >= 11 is 12.0. The van der Waals surface area contributed by atoms with E-state index in [0.29, 0.717) is 30.2 Å². The van der Waals surface area contributed by atoms with Crippen molar-refractivity contribution in [1.82, 2.24) is 20.4 Å². The number of urea groups is 1. The molecule has 3 unspecified atom stereocenters. The molecule has 0 radical (unpaired) electrons. The van der Waals surface area contributed by atoms with E-state index >= 15 is 0 Å². The van der Waals surface area contributed by atoms with E-state index in [1.807, 2.05) is 34.6 Å². The number of carbonyl (C=O) groups excluding carboxylic acids is 3. The first-order valence-electron chi connectivity index (χ1n) is 10.7. The number of halogens is 2. The Labute approximate surface area is 194 Å². The molecule has 0 saturated carbocycles. The van der Waals surface area contributed by atoms with Crippen LogP contribution in [0.15, 0.2) is 18.2 Å². The summed E-state index contributed by atoms with van der Waals surface area (Å²) < 4.78 is 0. The number of hydrogen-bond donors (Lipinski definition) is 2. The average molecular weight is 471 g/mol. The zero-order valence-corrected chi connectivity index (χ0v) is 20.3. The number of hydrogen-bond acceptors (Lipinski definition) is 3. The van der Waals surface area contributed by atoms with Crippen molar-refractivity contribution in [2.45, 2.75) is 59.2 Å². The molecule has 1 saturated heterocycles. The van der Waals surface area contributed by atoms with Crippen LogP contribution in [0.4, 0.5) is 4.79 Å². The molecular weight excluding hydrogens is 439 g/mol. The molecule has 1 fully saturated rings. The lowest BCUT2D eigenvalue weighted by Crippen LogP contribution is -2.61. The van der Waals surface area contributed by atoms with E-state index in [0.717, 1.165) is 6.42 Å². The predicted molar refractivity (Wildman–Crippen MR) is 124 cm³/mol. The average Bonchev–Trinajstić information content (AvgIpc) is 2.72. The van der Waals surface area contributed by atoms with Gasteiger partial charge in [0, 0.05) is 37.3 Å². The molecule has 1 aromatic rings. The van der Waals surface area contributed by atoms with E-state index in [9.17, 15) is 14.4 Å². The van der Waals surface area contributed by atoms with Crippen LogP contribution in [0.2, 0.25) is 10.0 Å². The van der Waals surface area contributed by atoms with E-state index in [2.05, 4.69) is 10.6 Å². The Bertz CT molecular complexity index is 818. The van der Waals surface area contributed by atoms with Crippen LogP contribution in [0.3, 0.4) is 0 Å². The monoisotopic (exact) mass is 470 g/mol. The van der Waals surface area contributed by atoms with E-state index in [4.69, 9.17) is 23.2 Å². The SMILES string of the molecule is CCC(C)C(NC(=O)c1ccc(Cl)c(Cl)c1)C(=O)N1CCN(C(=O)NC(C)C)C(C)C1. The summed E-state index contributed by atoms with van der Waals surface area (Å²) in [7, 11) is 0. The smallest absolute Gasteiger partial charge is 0.317 e. The minimum Gasteiger partial charge on any atom is -0.340 e. The molecule has 0 spiro atoms. The van der Waals surface area contributed by atoms with E-state index in [-0.39, 0.29) is 40.9 Å². The lowest BCUT2D eigenvalue weighted by Gasteiger charge is -2.41. The molecule has 0 aromatic heterocycles. The summed E-state index contributed by atoms with van der Waals surface area (Å²) in [4.78, 5) is 42.0. The Morgan fingerprint density at radius 1 is 1.10 bits per heavy atom. The number of benzene rings is 1. The largest absolute Gasteiger partial charge is 0.340 e. The molecule has 31 heavy (non-hydrogen) atoms. The van der Waals surface area contributed by atoms with Crippen molar-refractivity contribution in [1.29, 1.82) is 0 Å². The highest BCUT2D eigenvalue weighted by Crippen LogP contribution is 2.23. The minimum atomic E-state index is -0.671. The molecule has 172 valence electrons. The summed E-state index contributed by atoms with van der Waals surface area (Å²) in [6.07, 6.45) is 0.727. The minimum absolute atomic E-state index is 0.0470. The highest BCUT2D eigenvalue weighted by Gasteiger charge is 2.35. The molecular formula is C22H32Cl2N4O3. The van der Waals surface area contributed by atoms with Crippen molar-refractivity contribution in [3.05, 3.63) is 33.8 Å². The number of amides is 4. The fourth-order valence-corrected chi connectivity index (χ4v) is 3.83. The van der Waals surface area contributed by atoms with Crippen LogP contribution in [0, 0.1) is 5.92 Å². The first-order valence-corrected chi connectivity index (χ1v) is 11.4. The Morgan fingerprint density at radius 2 is 1.77 bits per heavy atom. The molecule has 0 bridgehead atoms. The Morgan fingerprint density at radius 3 is 2.32 bits per heavy atom. The van der Waals surface area contributed by atoms with Crippen LogP contribution >= 0.6 is 23.2 Å². The maximum absolute atomic E-state index is 13.3. The number of piperazine rings is 1. The van der Waals surface area contributed by atoms with Crippen LogP contribution in [-0.2, 0) is 4.79 Å². The van der Waals surface area contributed by atoms with Gasteiger partial charge in [0.1, 0.15) is 6.04 Å². The molecule has 1 aliphatic heterocycles. The number of nitrogens with zero attached hydrogens (tertiary/aromatic N) is 2. The lowest BCUT2D eigenvalue weighted by molar-refractivity contribution is -0.136. The van der Waals surface area contributed by atoms with Crippen LogP contribution in [0.25, 0.3) is 0 Å². The summed E-state index contributed by atoms with van der Waals surface area (Å²) in [6, 6.07) is 3.75. The molecule has 0 aliphatic carbocycles. The first-order chi connectivity index (χ1) is 14.5. The van der Waals surface area contributed by atoms with Gasteiger partial charge in [-0.15, -0.1) is 0 Å². The van der Waals surface area contributed by atoms with Crippen molar-refractivity contribution in [3.63, 3.8) is 0 Å². The van der Waals surface area contributed by atoms with Gasteiger partial charge in [0.15, 0.2) is 0 Å². The molecule has 2 N–H and O–H groups in total. The number of nitrogens with one attached hydrogen (secondary N) is 2. The molecule has 3 atom stereocenters. The van der Waals surface area contributed by atoms with Gasteiger partial charge in [-0.2, -0.15) is 0 Å². The van der Waals surface area contributed by atoms with Gasteiger partial charge < -0.3 is 20.4 Å². The van der Waals surface area contributed by atoms with Crippen molar-refractivity contribution in [2.75, 3.05) is 19.6 Å². The quantitative estimate of drug-likeness (QED) is 0.663. The van der Waals surface area contributed by atoms with Gasteiger partial charge in [-0.05, 0) is 44.9 Å². The highest BCUT2D eigenvalue weighted by atomic mass is 35.5. The maximum atomic E-state index is 13.3. The van der Waals surface area contributed by atoms with Gasteiger partial charge >= 0.3 is 6.03 Å². The normalized spacial score (nSPS) is 18.5. The standard InChI is InChI=1S/C22H32Cl2N4O3/c1-6-14(4)19(26-20(29)16-7-8-17(23)18(24)11-16)21(30)27-9-10-28(15(5)12-27)22(31)25-13(2)3/h7-8,11,13-15,19H,6,9-10,12H2,1-5H3,(H,25,31)(H,26,29). The number of carbonyl (C=O) groups is 3. The summed E-state index contributed by atoms with van der Waals surface area (Å²) in [5.74, 6) is -0.574. The molecule has 1 aromatic carbocycles. The fraction of sp³-hybridized carbons (Fsp3) is 0.591. The second-order valence-corrected chi connectivity index (χ2v) is 9.21. The molecule has 7 nitrogen and oxygen atoms in total. The third-order valence-corrected chi connectivity index (χ3v) is 6.30.